The van der Waals surface area contributed by atoms with Gasteiger partial charge in [-0.25, -0.2) is 0 Å². The molecule has 2 aromatic rings. The lowest BCUT2D eigenvalue weighted by molar-refractivity contribution is 0.0980. The van der Waals surface area contributed by atoms with E-state index < -0.39 is 0 Å². The number of ketones is 1. The van der Waals surface area contributed by atoms with E-state index in [2.05, 4.69) is 11.9 Å². The van der Waals surface area contributed by atoms with Gasteiger partial charge in [0.2, 0.25) is 0 Å². The number of carbonyl (C=O) groups is 1. The Morgan fingerprint density at radius 2 is 2.00 bits per heavy atom. The highest BCUT2D eigenvalue weighted by atomic mass is 16.1. The summed E-state index contributed by atoms with van der Waals surface area (Å²) in [6.07, 6.45) is 7.35. The molecule has 0 atom stereocenters. The van der Waals surface area contributed by atoms with Gasteiger partial charge in [-0.05, 0) is 11.8 Å². The lowest BCUT2D eigenvalue weighted by atomic mass is 10.0. The minimum absolute atomic E-state index is 0.211. The van der Waals surface area contributed by atoms with Gasteiger partial charge in [0, 0.05) is 29.8 Å². The van der Waals surface area contributed by atoms with Gasteiger partial charge in [0.15, 0.2) is 5.78 Å². The second-order valence-electron chi connectivity index (χ2n) is 4.29. The molecule has 0 saturated carbocycles. The highest BCUT2D eigenvalue weighted by Crippen LogP contribution is 2.19. The molecular formula is C15H17NO. The quantitative estimate of drug-likeness (QED) is 0.571. The fraction of sp³-hybridized carbons (Fsp3) is 0.333. The SMILES string of the molecule is CCCCCC(=O)c1cncc2ccccc12. The first-order valence-electron chi connectivity index (χ1n) is 6.19. The lowest BCUT2D eigenvalue weighted by Gasteiger charge is -2.04. The first-order chi connectivity index (χ1) is 8.33. The van der Waals surface area contributed by atoms with Crippen LogP contribution in [0.5, 0.6) is 0 Å². The summed E-state index contributed by atoms with van der Waals surface area (Å²) in [5.41, 5.74) is 0.763. The molecule has 0 aliphatic carbocycles. The average molecular weight is 227 g/mol. The van der Waals surface area contributed by atoms with Crippen LogP contribution in [0.4, 0.5) is 0 Å². The molecule has 1 heterocycles. The normalized spacial score (nSPS) is 10.6. The van der Waals surface area contributed by atoms with Crippen LogP contribution in [0.2, 0.25) is 0 Å². The maximum atomic E-state index is 12.1. The molecule has 0 N–H and O–H groups in total. The number of nitrogens with zero attached hydrogens (tertiary/aromatic N) is 1. The number of aromatic nitrogens is 1. The van der Waals surface area contributed by atoms with Crippen LogP contribution < -0.4 is 0 Å². The van der Waals surface area contributed by atoms with Crippen LogP contribution in [0.1, 0.15) is 43.0 Å². The predicted molar refractivity (Wildman–Crippen MR) is 70.2 cm³/mol. The van der Waals surface area contributed by atoms with Gasteiger partial charge in [-0.1, -0.05) is 44.0 Å². The van der Waals surface area contributed by atoms with E-state index in [-0.39, 0.29) is 5.78 Å². The van der Waals surface area contributed by atoms with Crippen molar-refractivity contribution in [2.75, 3.05) is 0 Å². The second-order valence-corrected chi connectivity index (χ2v) is 4.29. The van der Waals surface area contributed by atoms with Crippen molar-refractivity contribution in [1.82, 2.24) is 4.98 Å². The molecule has 0 radical (unpaired) electrons. The number of hydrogen-bond donors (Lipinski definition) is 0. The number of hydrogen-bond acceptors (Lipinski definition) is 2. The van der Waals surface area contributed by atoms with E-state index in [0.717, 1.165) is 35.6 Å². The van der Waals surface area contributed by atoms with Crippen LogP contribution in [-0.2, 0) is 0 Å². The van der Waals surface area contributed by atoms with E-state index in [1.54, 1.807) is 12.4 Å². The van der Waals surface area contributed by atoms with Gasteiger partial charge in [0.05, 0.1) is 0 Å². The number of benzene rings is 1. The van der Waals surface area contributed by atoms with Crippen LogP contribution in [-0.4, -0.2) is 10.8 Å². The monoisotopic (exact) mass is 227 g/mol. The Balaban J connectivity index is 2.26. The zero-order valence-corrected chi connectivity index (χ0v) is 10.1. The molecule has 17 heavy (non-hydrogen) atoms. The second kappa shape index (κ2) is 5.58. The molecule has 0 fully saturated rings. The molecule has 88 valence electrons. The largest absolute Gasteiger partial charge is 0.294 e. The summed E-state index contributed by atoms with van der Waals surface area (Å²) >= 11 is 0. The van der Waals surface area contributed by atoms with E-state index in [1.807, 2.05) is 24.3 Å². The molecule has 1 aromatic carbocycles. The van der Waals surface area contributed by atoms with Crippen molar-refractivity contribution in [2.24, 2.45) is 0 Å². The van der Waals surface area contributed by atoms with E-state index in [4.69, 9.17) is 0 Å². The first-order valence-corrected chi connectivity index (χ1v) is 6.19. The van der Waals surface area contributed by atoms with Gasteiger partial charge >= 0.3 is 0 Å². The van der Waals surface area contributed by atoms with E-state index in [1.165, 1.54) is 0 Å². The van der Waals surface area contributed by atoms with Crippen molar-refractivity contribution < 1.29 is 4.79 Å². The topological polar surface area (TPSA) is 30.0 Å². The van der Waals surface area contributed by atoms with Gasteiger partial charge in [0.25, 0.3) is 0 Å². The molecule has 0 aliphatic rings. The van der Waals surface area contributed by atoms with Gasteiger partial charge < -0.3 is 0 Å². The number of Topliss-reactive ketones (excluding diaryl/α,β-unsaturated/α-hetero) is 1. The molecule has 0 aliphatic heterocycles. The third-order valence-electron chi connectivity index (χ3n) is 2.98. The van der Waals surface area contributed by atoms with Crippen LogP contribution >= 0.6 is 0 Å². The van der Waals surface area contributed by atoms with Gasteiger partial charge in [-0.2, -0.15) is 0 Å². The minimum Gasteiger partial charge on any atom is -0.294 e. The van der Waals surface area contributed by atoms with Crippen molar-refractivity contribution in [1.29, 1.82) is 0 Å². The van der Waals surface area contributed by atoms with Crippen LogP contribution in [0.15, 0.2) is 36.7 Å². The summed E-state index contributed by atoms with van der Waals surface area (Å²) < 4.78 is 0. The van der Waals surface area contributed by atoms with Crippen molar-refractivity contribution in [2.45, 2.75) is 32.6 Å². The summed E-state index contributed by atoms with van der Waals surface area (Å²) in [6.45, 7) is 2.14. The fourth-order valence-electron chi connectivity index (χ4n) is 2.01. The number of fused-ring (bicyclic) bond motifs is 1. The molecule has 0 bridgehead atoms. The standard InChI is InChI=1S/C15H17NO/c1-2-3-4-9-15(17)14-11-16-10-12-7-5-6-8-13(12)14/h5-8,10-11H,2-4,9H2,1H3. The molecule has 2 nitrogen and oxygen atoms in total. The molecule has 0 unspecified atom stereocenters. The molecule has 0 amide bonds. The third-order valence-corrected chi connectivity index (χ3v) is 2.98. The highest BCUT2D eigenvalue weighted by Gasteiger charge is 2.09. The lowest BCUT2D eigenvalue weighted by Crippen LogP contribution is -2.00. The predicted octanol–water partition coefficient (Wildman–Crippen LogP) is 4.00. The highest BCUT2D eigenvalue weighted by molar-refractivity contribution is 6.07. The summed E-state index contributed by atoms with van der Waals surface area (Å²) in [7, 11) is 0. The molecule has 1 aromatic heterocycles. The zero-order chi connectivity index (χ0) is 12.1. The van der Waals surface area contributed by atoms with Crippen molar-refractivity contribution >= 4 is 16.6 Å². The Hall–Kier alpha value is -1.70. The summed E-state index contributed by atoms with van der Waals surface area (Å²) in [5.74, 6) is 0.211. The molecule has 2 heteroatoms. The first kappa shape index (κ1) is 11.8. The number of rotatable bonds is 5. The Kier molecular flexibility index (Phi) is 3.86. The number of unbranched alkanes of at least 4 members (excludes halogenated alkanes) is 2. The van der Waals surface area contributed by atoms with Crippen LogP contribution in [0.3, 0.4) is 0 Å². The van der Waals surface area contributed by atoms with Gasteiger partial charge in [0.1, 0.15) is 0 Å². The zero-order valence-electron chi connectivity index (χ0n) is 10.1. The average Bonchev–Trinajstić information content (AvgIpc) is 2.38. The van der Waals surface area contributed by atoms with E-state index in [9.17, 15) is 4.79 Å². The molecular weight excluding hydrogens is 210 g/mol. The Bertz CT molecular complexity index is 514. The van der Waals surface area contributed by atoms with Crippen LogP contribution in [0, 0.1) is 0 Å². The van der Waals surface area contributed by atoms with Crippen molar-refractivity contribution in [3.8, 4) is 0 Å². The van der Waals surface area contributed by atoms with Crippen molar-refractivity contribution in [3.05, 3.63) is 42.2 Å². The number of carbonyl (C=O) groups excluding carboxylic acids is 1. The maximum absolute atomic E-state index is 12.1. The molecule has 2 rings (SSSR count). The summed E-state index contributed by atoms with van der Waals surface area (Å²) in [5, 5.41) is 2.05. The van der Waals surface area contributed by atoms with Gasteiger partial charge in [-0.15, -0.1) is 0 Å². The van der Waals surface area contributed by atoms with E-state index >= 15 is 0 Å². The Morgan fingerprint density at radius 3 is 2.82 bits per heavy atom. The Labute approximate surface area is 102 Å². The summed E-state index contributed by atoms with van der Waals surface area (Å²) in [4.78, 5) is 16.2. The molecule has 0 saturated heterocycles. The third kappa shape index (κ3) is 2.70. The Morgan fingerprint density at radius 1 is 1.18 bits per heavy atom. The molecule has 0 spiro atoms. The maximum Gasteiger partial charge on any atom is 0.165 e. The minimum atomic E-state index is 0.211. The fourth-order valence-corrected chi connectivity index (χ4v) is 2.01. The van der Waals surface area contributed by atoms with Crippen LogP contribution in [0.25, 0.3) is 10.8 Å². The summed E-state index contributed by atoms with van der Waals surface area (Å²) in [6, 6.07) is 7.91. The van der Waals surface area contributed by atoms with Gasteiger partial charge in [-0.3, -0.25) is 9.78 Å². The van der Waals surface area contributed by atoms with Crippen molar-refractivity contribution in [3.63, 3.8) is 0 Å². The smallest absolute Gasteiger partial charge is 0.165 e. The van der Waals surface area contributed by atoms with E-state index in [0.29, 0.717) is 6.42 Å². The number of pyridine rings is 1.